The van der Waals surface area contributed by atoms with Gasteiger partial charge in [-0.15, -0.1) is 0 Å². The molecule has 0 saturated carbocycles. The first kappa shape index (κ1) is 17.9. The smallest absolute Gasteiger partial charge is 0.313 e. The van der Waals surface area contributed by atoms with Crippen molar-refractivity contribution in [1.29, 1.82) is 0 Å². The number of carboxylic acids is 1. The largest absolute Gasteiger partial charge is 0.481 e. The molecule has 2 saturated heterocycles. The van der Waals surface area contributed by atoms with Crippen LogP contribution in [0.3, 0.4) is 0 Å². The average molecular weight is 346 g/mol. The lowest BCUT2D eigenvalue weighted by Crippen LogP contribution is -2.42. The van der Waals surface area contributed by atoms with Gasteiger partial charge >= 0.3 is 5.97 Å². The number of aliphatic carboxylic acids is 1. The normalized spacial score (nSPS) is 26.0. The predicted molar refractivity (Wildman–Crippen MR) is 93.7 cm³/mol. The van der Waals surface area contributed by atoms with E-state index in [-0.39, 0.29) is 18.4 Å². The van der Waals surface area contributed by atoms with Gasteiger partial charge in [-0.05, 0) is 26.0 Å². The fraction of sp³-hybridized carbons (Fsp3) is 0.579. The highest BCUT2D eigenvalue weighted by Crippen LogP contribution is 2.43. The van der Waals surface area contributed by atoms with Gasteiger partial charge in [0.15, 0.2) is 0 Å². The molecule has 1 N–H and O–H groups in total. The zero-order valence-corrected chi connectivity index (χ0v) is 15.1. The SMILES string of the molecule is COCCN1CC2CN(C(=O)c3cc(C)cc(C)c3)C[C@]2(C(=O)O)C1. The summed E-state index contributed by atoms with van der Waals surface area (Å²) in [6.07, 6.45) is 0. The number of amides is 1. The molecule has 1 unspecified atom stereocenters. The number of methoxy groups -OCH3 is 1. The Hall–Kier alpha value is -1.92. The molecule has 0 bridgehead atoms. The molecule has 0 radical (unpaired) electrons. The van der Waals surface area contributed by atoms with E-state index in [1.54, 1.807) is 12.0 Å². The second kappa shape index (κ2) is 6.77. The molecule has 2 fully saturated rings. The zero-order chi connectivity index (χ0) is 18.2. The Balaban J connectivity index is 1.78. The number of aryl methyl sites for hydroxylation is 2. The van der Waals surface area contributed by atoms with Crippen molar-refractivity contribution in [3.8, 4) is 0 Å². The van der Waals surface area contributed by atoms with Crippen molar-refractivity contribution in [2.24, 2.45) is 11.3 Å². The molecule has 2 heterocycles. The monoisotopic (exact) mass is 346 g/mol. The van der Waals surface area contributed by atoms with Gasteiger partial charge in [0.1, 0.15) is 5.41 Å². The quantitative estimate of drug-likeness (QED) is 0.873. The minimum absolute atomic E-state index is 0.0308. The highest BCUT2D eigenvalue weighted by Gasteiger charge is 2.58. The fourth-order valence-electron chi connectivity index (χ4n) is 4.30. The summed E-state index contributed by atoms with van der Waals surface area (Å²) >= 11 is 0. The molecule has 6 nitrogen and oxygen atoms in total. The summed E-state index contributed by atoms with van der Waals surface area (Å²) in [6.45, 7) is 7.22. The maximum atomic E-state index is 12.9. The molecular formula is C19H26N2O4. The van der Waals surface area contributed by atoms with Crippen molar-refractivity contribution in [2.45, 2.75) is 13.8 Å². The molecule has 2 aliphatic rings. The number of fused-ring (bicyclic) bond motifs is 1. The molecule has 0 spiro atoms. The van der Waals surface area contributed by atoms with E-state index in [0.29, 0.717) is 31.8 Å². The van der Waals surface area contributed by atoms with E-state index in [0.717, 1.165) is 17.7 Å². The fourth-order valence-corrected chi connectivity index (χ4v) is 4.30. The maximum absolute atomic E-state index is 12.9. The Morgan fingerprint density at radius 1 is 1.20 bits per heavy atom. The number of benzene rings is 1. The second-order valence-electron chi connectivity index (χ2n) is 7.45. The van der Waals surface area contributed by atoms with Crippen LogP contribution in [-0.4, -0.2) is 73.2 Å². The Labute approximate surface area is 148 Å². The van der Waals surface area contributed by atoms with E-state index < -0.39 is 11.4 Å². The van der Waals surface area contributed by atoms with Crippen LogP contribution in [0.2, 0.25) is 0 Å². The summed E-state index contributed by atoms with van der Waals surface area (Å²) in [5, 5.41) is 9.88. The Kier molecular flexibility index (Phi) is 4.84. The topological polar surface area (TPSA) is 70.1 Å². The highest BCUT2D eigenvalue weighted by molar-refractivity contribution is 5.95. The molecule has 2 atom stereocenters. The Morgan fingerprint density at radius 2 is 1.88 bits per heavy atom. The summed E-state index contributed by atoms with van der Waals surface area (Å²) in [5.74, 6) is -0.893. The van der Waals surface area contributed by atoms with Crippen LogP contribution in [0, 0.1) is 25.2 Å². The van der Waals surface area contributed by atoms with Gasteiger partial charge in [0.2, 0.25) is 0 Å². The van der Waals surface area contributed by atoms with Crippen molar-refractivity contribution in [2.75, 3.05) is 46.4 Å². The predicted octanol–water partition coefficient (Wildman–Crippen LogP) is 1.41. The molecule has 25 heavy (non-hydrogen) atoms. The van der Waals surface area contributed by atoms with Gasteiger partial charge in [-0.2, -0.15) is 0 Å². The van der Waals surface area contributed by atoms with E-state index in [2.05, 4.69) is 4.90 Å². The maximum Gasteiger partial charge on any atom is 0.313 e. The van der Waals surface area contributed by atoms with Gasteiger partial charge in [0, 0.05) is 51.3 Å². The number of rotatable bonds is 5. The van der Waals surface area contributed by atoms with Crippen molar-refractivity contribution >= 4 is 11.9 Å². The minimum atomic E-state index is -0.859. The third kappa shape index (κ3) is 3.28. The second-order valence-corrected chi connectivity index (χ2v) is 7.45. The number of carboxylic acid groups (broad SMARTS) is 1. The van der Waals surface area contributed by atoms with Gasteiger partial charge in [0.05, 0.1) is 6.61 Å². The van der Waals surface area contributed by atoms with Crippen molar-refractivity contribution in [3.05, 3.63) is 34.9 Å². The molecule has 1 aromatic rings. The highest BCUT2D eigenvalue weighted by atomic mass is 16.5. The van der Waals surface area contributed by atoms with Crippen molar-refractivity contribution in [3.63, 3.8) is 0 Å². The summed E-state index contributed by atoms with van der Waals surface area (Å²) in [7, 11) is 1.65. The lowest BCUT2D eigenvalue weighted by atomic mass is 9.81. The molecule has 136 valence electrons. The molecule has 0 aromatic heterocycles. The van der Waals surface area contributed by atoms with Gasteiger partial charge < -0.3 is 14.7 Å². The minimum Gasteiger partial charge on any atom is -0.481 e. The number of hydrogen-bond donors (Lipinski definition) is 1. The van der Waals surface area contributed by atoms with Crippen LogP contribution in [0.1, 0.15) is 21.5 Å². The number of likely N-dealkylation sites (tertiary alicyclic amines) is 2. The first-order valence-corrected chi connectivity index (χ1v) is 8.68. The van der Waals surface area contributed by atoms with Gasteiger partial charge in [-0.1, -0.05) is 17.2 Å². The molecule has 0 aliphatic carbocycles. The molecule has 2 aliphatic heterocycles. The summed E-state index contributed by atoms with van der Waals surface area (Å²) < 4.78 is 5.11. The van der Waals surface area contributed by atoms with Crippen LogP contribution in [0.15, 0.2) is 18.2 Å². The van der Waals surface area contributed by atoms with Crippen LogP contribution in [-0.2, 0) is 9.53 Å². The number of carbonyl (C=O) groups excluding carboxylic acids is 1. The molecule has 3 rings (SSSR count). The molecule has 1 aromatic carbocycles. The third-order valence-corrected chi connectivity index (χ3v) is 5.47. The lowest BCUT2D eigenvalue weighted by molar-refractivity contribution is -0.148. The van der Waals surface area contributed by atoms with Crippen LogP contribution in [0.5, 0.6) is 0 Å². The standard InChI is InChI=1S/C19H26N2O4/c1-13-6-14(2)8-15(7-13)17(22)21-10-16-9-20(4-5-25-3)11-19(16,12-21)18(23)24/h6-8,16H,4-5,9-12H2,1-3H3,(H,23,24)/t16?,19-/m1/s1. The number of ether oxygens (including phenoxy) is 1. The third-order valence-electron chi connectivity index (χ3n) is 5.47. The number of carbonyl (C=O) groups is 2. The number of hydrogen-bond acceptors (Lipinski definition) is 4. The first-order chi connectivity index (χ1) is 11.9. The first-order valence-electron chi connectivity index (χ1n) is 8.68. The summed E-state index contributed by atoms with van der Waals surface area (Å²) in [6, 6.07) is 5.78. The van der Waals surface area contributed by atoms with Gasteiger partial charge in [-0.25, -0.2) is 0 Å². The number of nitrogens with zero attached hydrogens (tertiary/aromatic N) is 2. The zero-order valence-electron chi connectivity index (χ0n) is 15.1. The van der Waals surface area contributed by atoms with E-state index >= 15 is 0 Å². The Bertz CT molecular complexity index is 670. The van der Waals surface area contributed by atoms with E-state index in [1.807, 2.05) is 32.0 Å². The van der Waals surface area contributed by atoms with E-state index in [4.69, 9.17) is 4.74 Å². The van der Waals surface area contributed by atoms with Gasteiger partial charge in [-0.3, -0.25) is 14.5 Å². The average Bonchev–Trinajstić information content (AvgIpc) is 3.06. The summed E-state index contributed by atoms with van der Waals surface area (Å²) in [4.78, 5) is 28.8. The van der Waals surface area contributed by atoms with Crippen LogP contribution in [0.4, 0.5) is 0 Å². The molecular weight excluding hydrogens is 320 g/mol. The van der Waals surface area contributed by atoms with E-state index in [9.17, 15) is 14.7 Å². The van der Waals surface area contributed by atoms with Crippen LogP contribution in [0.25, 0.3) is 0 Å². The Morgan fingerprint density at radius 3 is 2.44 bits per heavy atom. The summed E-state index contributed by atoms with van der Waals surface area (Å²) in [5.41, 5.74) is 1.87. The van der Waals surface area contributed by atoms with E-state index in [1.165, 1.54) is 0 Å². The lowest BCUT2D eigenvalue weighted by Gasteiger charge is -2.25. The molecule has 6 heteroatoms. The van der Waals surface area contributed by atoms with Crippen molar-refractivity contribution in [1.82, 2.24) is 9.80 Å². The molecule has 1 amide bonds. The van der Waals surface area contributed by atoms with Gasteiger partial charge in [0.25, 0.3) is 5.91 Å². The van der Waals surface area contributed by atoms with Crippen molar-refractivity contribution < 1.29 is 19.4 Å². The van der Waals surface area contributed by atoms with Crippen LogP contribution < -0.4 is 0 Å². The van der Waals surface area contributed by atoms with Crippen LogP contribution >= 0.6 is 0 Å².